The molecular formula is C21H30ClF2N3O2. The van der Waals surface area contributed by atoms with Crippen LogP contribution in [-0.2, 0) is 4.74 Å². The largest absolute Gasteiger partial charge is 0.379 e. The highest BCUT2D eigenvalue weighted by Gasteiger charge is 2.39. The van der Waals surface area contributed by atoms with E-state index in [4.69, 9.17) is 4.74 Å². The molecule has 2 fully saturated rings. The molecule has 5 nitrogen and oxygen atoms in total. The number of likely N-dealkylation sites (tertiary alicyclic amines) is 1. The summed E-state index contributed by atoms with van der Waals surface area (Å²) in [5.41, 5.74) is 0.461. The maximum absolute atomic E-state index is 14.6. The normalized spacial score (nSPS) is 26.6. The molecular weight excluding hydrogens is 400 g/mol. The third-order valence-corrected chi connectivity index (χ3v) is 6.82. The van der Waals surface area contributed by atoms with E-state index in [1.54, 1.807) is 0 Å². The summed E-state index contributed by atoms with van der Waals surface area (Å²) in [6.45, 7) is 6.91. The monoisotopic (exact) mass is 429 g/mol. The summed E-state index contributed by atoms with van der Waals surface area (Å²) in [6.07, 6.45) is 6.38. The highest BCUT2D eigenvalue weighted by atomic mass is 35.5. The molecule has 2 N–H and O–H groups in total. The van der Waals surface area contributed by atoms with Crippen LogP contribution in [0, 0.1) is 11.6 Å². The first-order valence-corrected chi connectivity index (χ1v) is 10.4. The minimum atomic E-state index is -0.731. The van der Waals surface area contributed by atoms with Crippen molar-refractivity contribution >= 4 is 23.4 Å². The minimum absolute atomic E-state index is 0. The Hall–Kier alpha value is -1.44. The molecule has 1 aromatic heterocycles. The molecule has 1 aliphatic carbocycles. The van der Waals surface area contributed by atoms with Crippen molar-refractivity contribution in [2.24, 2.45) is 0 Å². The van der Waals surface area contributed by atoms with E-state index in [9.17, 15) is 13.6 Å². The fourth-order valence-corrected chi connectivity index (χ4v) is 5.18. The maximum Gasteiger partial charge on any atom is 0.323 e. The Labute approximate surface area is 175 Å². The number of rotatable bonds is 4. The van der Waals surface area contributed by atoms with Gasteiger partial charge in [-0.25, -0.2) is 13.6 Å². The van der Waals surface area contributed by atoms with Gasteiger partial charge < -0.3 is 14.7 Å². The SMILES string of the molecule is CCOC1CCC(C)(N2CCC(c3c(F)cc(F)c4[nH]c(=O)[nH]c34)CC2)CC1.Cl. The lowest BCUT2D eigenvalue weighted by atomic mass is 9.78. The summed E-state index contributed by atoms with van der Waals surface area (Å²) >= 11 is 0. The number of H-pyrrole nitrogens is 2. The number of halogens is 3. The lowest BCUT2D eigenvalue weighted by Gasteiger charge is -2.48. The van der Waals surface area contributed by atoms with E-state index in [1.807, 2.05) is 6.92 Å². The Kier molecular flexibility index (Phi) is 6.70. The Balaban J connectivity index is 0.00000240. The van der Waals surface area contributed by atoms with Crippen LogP contribution in [0.25, 0.3) is 11.0 Å². The van der Waals surface area contributed by atoms with Crippen LogP contribution >= 0.6 is 12.4 Å². The van der Waals surface area contributed by atoms with Crippen molar-refractivity contribution in [3.05, 3.63) is 33.7 Å². The van der Waals surface area contributed by atoms with Gasteiger partial charge in [0.15, 0.2) is 5.82 Å². The summed E-state index contributed by atoms with van der Waals surface area (Å²) in [5, 5.41) is 0. The van der Waals surface area contributed by atoms with Gasteiger partial charge in [-0.3, -0.25) is 4.90 Å². The molecule has 0 radical (unpaired) electrons. The minimum Gasteiger partial charge on any atom is -0.379 e. The van der Waals surface area contributed by atoms with Gasteiger partial charge in [0.25, 0.3) is 0 Å². The molecule has 2 heterocycles. The molecule has 0 atom stereocenters. The van der Waals surface area contributed by atoms with Crippen molar-refractivity contribution in [1.29, 1.82) is 0 Å². The van der Waals surface area contributed by atoms with E-state index in [1.165, 1.54) is 0 Å². The Morgan fingerprint density at radius 3 is 2.34 bits per heavy atom. The van der Waals surface area contributed by atoms with Crippen molar-refractivity contribution in [2.75, 3.05) is 19.7 Å². The van der Waals surface area contributed by atoms with Crippen LogP contribution in [0.5, 0.6) is 0 Å². The molecule has 0 bridgehead atoms. The zero-order valence-electron chi connectivity index (χ0n) is 17.0. The smallest absolute Gasteiger partial charge is 0.323 e. The average Bonchev–Trinajstić information content (AvgIpc) is 3.06. The number of hydrogen-bond donors (Lipinski definition) is 2. The Morgan fingerprint density at radius 1 is 1.10 bits per heavy atom. The summed E-state index contributed by atoms with van der Waals surface area (Å²) in [5.74, 6) is -1.32. The predicted octanol–water partition coefficient (Wildman–Crippen LogP) is 4.47. The molecule has 8 heteroatoms. The Bertz CT molecular complexity index is 897. The van der Waals surface area contributed by atoms with Gasteiger partial charge in [0.2, 0.25) is 0 Å². The number of hydrogen-bond acceptors (Lipinski definition) is 3. The third-order valence-electron chi connectivity index (χ3n) is 6.82. The van der Waals surface area contributed by atoms with E-state index in [-0.39, 0.29) is 34.9 Å². The van der Waals surface area contributed by atoms with Crippen LogP contribution in [0.2, 0.25) is 0 Å². The van der Waals surface area contributed by atoms with E-state index in [0.29, 0.717) is 11.7 Å². The van der Waals surface area contributed by atoms with E-state index in [2.05, 4.69) is 21.8 Å². The molecule has 2 aromatic rings. The van der Waals surface area contributed by atoms with Crippen molar-refractivity contribution in [3.8, 4) is 0 Å². The number of nitrogens with zero attached hydrogens (tertiary/aromatic N) is 1. The lowest BCUT2D eigenvalue weighted by molar-refractivity contribution is -0.0251. The number of fused-ring (bicyclic) bond motifs is 1. The molecule has 0 spiro atoms. The fourth-order valence-electron chi connectivity index (χ4n) is 5.18. The van der Waals surface area contributed by atoms with Gasteiger partial charge in [-0.2, -0.15) is 0 Å². The van der Waals surface area contributed by atoms with E-state index < -0.39 is 17.3 Å². The maximum atomic E-state index is 14.6. The summed E-state index contributed by atoms with van der Waals surface area (Å²) in [7, 11) is 0. The van der Waals surface area contributed by atoms with Gasteiger partial charge in [-0.1, -0.05) is 0 Å². The highest BCUT2D eigenvalue weighted by Crippen LogP contribution is 2.40. The van der Waals surface area contributed by atoms with Crippen molar-refractivity contribution in [1.82, 2.24) is 14.9 Å². The zero-order chi connectivity index (χ0) is 19.9. The molecule has 0 unspecified atom stereocenters. The van der Waals surface area contributed by atoms with Gasteiger partial charge in [-0.05, 0) is 71.4 Å². The molecule has 1 aliphatic heterocycles. The lowest BCUT2D eigenvalue weighted by Crippen LogP contribution is -2.52. The first-order valence-electron chi connectivity index (χ1n) is 10.4. The molecule has 1 saturated carbocycles. The molecule has 0 amide bonds. The van der Waals surface area contributed by atoms with Crippen molar-refractivity contribution < 1.29 is 13.5 Å². The second kappa shape index (κ2) is 8.74. The number of aromatic amines is 2. The fraction of sp³-hybridized carbons (Fsp3) is 0.667. The van der Waals surface area contributed by atoms with Gasteiger partial charge in [0, 0.05) is 23.8 Å². The van der Waals surface area contributed by atoms with Crippen LogP contribution < -0.4 is 5.69 Å². The van der Waals surface area contributed by atoms with E-state index >= 15 is 0 Å². The number of nitrogens with one attached hydrogen (secondary N) is 2. The van der Waals surface area contributed by atoms with Gasteiger partial charge >= 0.3 is 5.69 Å². The van der Waals surface area contributed by atoms with Crippen molar-refractivity contribution in [3.63, 3.8) is 0 Å². The second-order valence-electron chi connectivity index (χ2n) is 8.50. The molecule has 1 saturated heterocycles. The number of ether oxygens (including phenoxy) is 1. The molecule has 1 aromatic carbocycles. The van der Waals surface area contributed by atoms with E-state index in [0.717, 1.165) is 64.3 Å². The average molecular weight is 430 g/mol. The molecule has 29 heavy (non-hydrogen) atoms. The van der Waals surface area contributed by atoms with Crippen molar-refractivity contribution in [2.45, 2.75) is 69.9 Å². The van der Waals surface area contributed by atoms with Crippen LogP contribution in [-0.4, -0.2) is 46.2 Å². The molecule has 4 rings (SSSR count). The number of benzene rings is 1. The Morgan fingerprint density at radius 2 is 1.72 bits per heavy atom. The highest BCUT2D eigenvalue weighted by molar-refractivity contribution is 5.85. The van der Waals surface area contributed by atoms with Gasteiger partial charge in [0.05, 0.1) is 11.6 Å². The standard InChI is InChI=1S/C21H29F2N3O2.ClH/c1-3-28-14-4-8-21(2,9-5-14)26-10-6-13(7-11-26)17-15(22)12-16(23)18-19(17)25-20(27)24-18;/h12-14H,3-11H2,1-2H3,(H2,24,25,27);1H. The number of piperidine rings is 1. The second-order valence-corrected chi connectivity index (χ2v) is 8.50. The topological polar surface area (TPSA) is 61.1 Å². The molecule has 2 aliphatic rings. The van der Waals surface area contributed by atoms with Crippen LogP contribution in [0.4, 0.5) is 8.78 Å². The quantitative estimate of drug-likeness (QED) is 0.753. The van der Waals surface area contributed by atoms with Gasteiger partial charge in [-0.15, -0.1) is 12.4 Å². The van der Waals surface area contributed by atoms with Crippen LogP contribution in [0.15, 0.2) is 10.9 Å². The zero-order valence-corrected chi connectivity index (χ0v) is 17.8. The first kappa shape index (κ1) is 22.2. The summed E-state index contributed by atoms with van der Waals surface area (Å²) < 4.78 is 34.4. The first-order chi connectivity index (χ1) is 13.4. The van der Waals surface area contributed by atoms with Crippen LogP contribution in [0.1, 0.15) is 63.9 Å². The predicted molar refractivity (Wildman–Crippen MR) is 112 cm³/mol. The molecule has 162 valence electrons. The van der Waals surface area contributed by atoms with Crippen LogP contribution in [0.3, 0.4) is 0 Å². The third kappa shape index (κ3) is 4.23. The summed E-state index contributed by atoms with van der Waals surface area (Å²) in [6, 6.07) is 0.893. The number of aromatic nitrogens is 2. The van der Waals surface area contributed by atoms with Gasteiger partial charge in [0.1, 0.15) is 11.3 Å². The summed E-state index contributed by atoms with van der Waals surface area (Å²) in [4.78, 5) is 19.2. The number of imidazole rings is 1.